The van der Waals surface area contributed by atoms with E-state index in [0.29, 0.717) is 0 Å². The van der Waals surface area contributed by atoms with Gasteiger partial charge in [-0.3, -0.25) is 4.79 Å². The fourth-order valence-electron chi connectivity index (χ4n) is 3.00. The maximum Gasteiger partial charge on any atom is 0.416 e. The van der Waals surface area contributed by atoms with Gasteiger partial charge in [0, 0.05) is 19.5 Å². The van der Waals surface area contributed by atoms with Crippen LogP contribution >= 0.6 is 11.6 Å². The summed E-state index contributed by atoms with van der Waals surface area (Å²) in [5.74, 6) is -2.72. The number of aliphatic carboxylic acids is 1. The number of hydrogen-bond acceptors (Lipinski definition) is 3. The minimum atomic E-state index is -4.53. The van der Waals surface area contributed by atoms with E-state index in [1.54, 1.807) is 0 Å². The molecule has 1 aromatic carbocycles. The molecule has 0 radical (unpaired) electrons. The second kappa shape index (κ2) is 7.63. The van der Waals surface area contributed by atoms with E-state index in [4.69, 9.17) is 16.7 Å². The Morgan fingerprint density at radius 2 is 1.78 bits per heavy atom. The lowest BCUT2D eigenvalue weighted by Crippen LogP contribution is -2.59. The maximum absolute atomic E-state index is 12.7. The fourth-order valence-corrected chi connectivity index (χ4v) is 3.14. The first kappa shape index (κ1) is 20.8. The van der Waals surface area contributed by atoms with Crippen molar-refractivity contribution in [1.29, 1.82) is 0 Å². The van der Waals surface area contributed by atoms with E-state index in [1.807, 2.05) is 0 Å². The molecule has 2 N–H and O–H groups in total. The molecular formula is C16H16ClF3N2O5. The van der Waals surface area contributed by atoms with Crippen molar-refractivity contribution in [3.63, 3.8) is 0 Å². The van der Waals surface area contributed by atoms with Crippen molar-refractivity contribution >= 4 is 29.6 Å². The molecule has 1 heterocycles. The molecule has 1 aliphatic heterocycles. The number of amides is 2. The number of carbonyl (C=O) groups is 3. The third-order valence-corrected chi connectivity index (χ3v) is 4.70. The van der Waals surface area contributed by atoms with Gasteiger partial charge in [-0.1, -0.05) is 12.1 Å². The van der Waals surface area contributed by atoms with Crippen LogP contribution in [-0.2, 0) is 22.3 Å². The Kier molecular flexibility index (Phi) is 5.88. The normalized spacial score (nSPS) is 19.8. The predicted molar refractivity (Wildman–Crippen MR) is 87.3 cm³/mol. The van der Waals surface area contributed by atoms with Gasteiger partial charge in [0.15, 0.2) is 5.54 Å². The average Bonchev–Trinajstić information content (AvgIpc) is 3.05. The smallest absolute Gasteiger partial charge is 0.416 e. The molecule has 1 aliphatic rings. The van der Waals surface area contributed by atoms with E-state index >= 15 is 0 Å². The molecule has 7 nitrogen and oxygen atoms in total. The highest BCUT2D eigenvalue weighted by molar-refractivity contribution is 6.27. The molecule has 1 saturated heterocycles. The van der Waals surface area contributed by atoms with Gasteiger partial charge in [-0.2, -0.15) is 13.2 Å². The minimum absolute atomic E-state index is 0.0965. The van der Waals surface area contributed by atoms with Gasteiger partial charge in [-0.25, -0.2) is 9.59 Å². The number of alkyl halides is 4. The van der Waals surface area contributed by atoms with Crippen molar-refractivity contribution < 1.29 is 37.8 Å². The van der Waals surface area contributed by atoms with Crippen LogP contribution in [-0.4, -0.2) is 62.5 Å². The monoisotopic (exact) mass is 408 g/mol. The molecule has 0 saturated carbocycles. The molecule has 0 bridgehead atoms. The standard InChI is InChI=1S/C16H16ClF3N2O5/c17-7-12(23)22(8-10-1-3-11(4-2-10)16(18,19)20)15(13(24)25)5-6-21(9-15)14(26)27/h1-4H,5-9H2,(H,24,25)(H,26,27)/t15-/m0/s1. The fraction of sp³-hybridized carbons (Fsp3) is 0.438. The highest BCUT2D eigenvalue weighted by Gasteiger charge is 2.52. The zero-order valence-electron chi connectivity index (χ0n) is 13.9. The first-order chi connectivity index (χ1) is 12.5. The highest BCUT2D eigenvalue weighted by Crippen LogP contribution is 2.32. The highest BCUT2D eigenvalue weighted by atomic mass is 35.5. The molecule has 2 rings (SSSR count). The molecule has 1 fully saturated rings. The van der Waals surface area contributed by atoms with Crippen LogP contribution in [0.3, 0.4) is 0 Å². The first-order valence-electron chi connectivity index (χ1n) is 7.75. The Hall–Kier alpha value is -2.49. The first-order valence-corrected chi connectivity index (χ1v) is 8.28. The van der Waals surface area contributed by atoms with Crippen molar-refractivity contribution in [2.45, 2.75) is 24.7 Å². The van der Waals surface area contributed by atoms with Crippen molar-refractivity contribution in [2.75, 3.05) is 19.0 Å². The van der Waals surface area contributed by atoms with Crippen molar-refractivity contribution in [3.05, 3.63) is 35.4 Å². The topological polar surface area (TPSA) is 98.2 Å². The number of rotatable bonds is 5. The third kappa shape index (κ3) is 4.26. The molecule has 2 amide bonds. The molecule has 0 aliphatic carbocycles. The number of carboxylic acid groups (broad SMARTS) is 2. The Balaban J connectivity index is 2.35. The molecule has 1 aromatic rings. The van der Waals surface area contributed by atoms with Crippen LogP contribution in [0.1, 0.15) is 17.5 Å². The summed E-state index contributed by atoms with van der Waals surface area (Å²) in [6.07, 6.45) is -6.01. The van der Waals surface area contributed by atoms with Crippen molar-refractivity contribution in [3.8, 4) is 0 Å². The molecule has 0 aromatic heterocycles. The Bertz CT molecular complexity index is 741. The lowest BCUT2D eigenvalue weighted by molar-refractivity contribution is -0.158. The predicted octanol–water partition coefficient (Wildman–Crippen LogP) is 2.48. The second-order valence-electron chi connectivity index (χ2n) is 6.10. The summed E-state index contributed by atoms with van der Waals surface area (Å²) in [5.41, 5.74) is -2.46. The SMILES string of the molecule is O=C(O)N1CC[C@](C(=O)O)(N(Cc2ccc(C(F)(F)F)cc2)C(=O)CCl)C1. The lowest BCUT2D eigenvalue weighted by Gasteiger charge is -2.37. The zero-order valence-corrected chi connectivity index (χ0v) is 14.6. The quantitative estimate of drug-likeness (QED) is 0.729. The van der Waals surface area contributed by atoms with Gasteiger partial charge >= 0.3 is 18.2 Å². The van der Waals surface area contributed by atoms with Crippen LogP contribution in [0.15, 0.2) is 24.3 Å². The average molecular weight is 409 g/mol. The lowest BCUT2D eigenvalue weighted by atomic mass is 9.95. The molecule has 27 heavy (non-hydrogen) atoms. The van der Waals surface area contributed by atoms with E-state index in [-0.39, 0.29) is 25.1 Å². The van der Waals surface area contributed by atoms with Gasteiger partial charge in [-0.15, -0.1) is 11.6 Å². The van der Waals surface area contributed by atoms with Crippen LogP contribution in [0, 0.1) is 0 Å². The molecular weight excluding hydrogens is 393 g/mol. The van der Waals surface area contributed by atoms with Crippen LogP contribution in [0.2, 0.25) is 0 Å². The van der Waals surface area contributed by atoms with Crippen molar-refractivity contribution in [1.82, 2.24) is 9.80 Å². The van der Waals surface area contributed by atoms with Crippen LogP contribution < -0.4 is 0 Å². The number of carbonyl (C=O) groups excluding carboxylic acids is 1. The summed E-state index contributed by atoms with van der Waals surface area (Å²) >= 11 is 5.58. The van der Waals surface area contributed by atoms with E-state index in [1.165, 1.54) is 0 Å². The largest absolute Gasteiger partial charge is 0.479 e. The summed E-state index contributed by atoms with van der Waals surface area (Å²) in [4.78, 5) is 37.2. The minimum Gasteiger partial charge on any atom is -0.479 e. The third-order valence-electron chi connectivity index (χ3n) is 4.47. The summed E-state index contributed by atoms with van der Waals surface area (Å²) < 4.78 is 38.0. The Labute approximate surface area is 156 Å². The molecule has 11 heteroatoms. The van der Waals surface area contributed by atoms with E-state index in [0.717, 1.165) is 34.1 Å². The van der Waals surface area contributed by atoms with E-state index in [9.17, 15) is 32.7 Å². The van der Waals surface area contributed by atoms with Crippen LogP contribution in [0.25, 0.3) is 0 Å². The molecule has 0 unspecified atom stereocenters. The number of likely N-dealkylation sites (tertiary alicyclic amines) is 1. The van der Waals surface area contributed by atoms with Crippen LogP contribution in [0.5, 0.6) is 0 Å². The summed E-state index contributed by atoms with van der Waals surface area (Å²) in [7, 11) is 0. The van der Waals surface area contributed by atoms with Gasteiger partial charge in [0.05, 0.1) is 12.1 Å². The van der Waals surface area contributed by atoms with E-state index < -0.39 is 47.7 Å². The van der Waals surface area contributed by atoms with Gasteiger partial charge in [-0.05, 0) is 17.7 Å². The number of carboxylic acids is 1. The van der Waals surface area contributed by atoms with Gasteiger partial charge in [0.1, 0.15) is 5.88 Å². The summed E-state index contributed by atoms with van der Waals surface area (Å²) in [5, 5.41) is 18.8. The van der Waals surface area contributed by atoms with Gasteiger partial charge in [0.2, 0.25) is 5.91 Å². The number of hydrogen-bond donors (Lipinski definition) is 2. The van der Waals surface area contributed by atoms with Crippen LogP contribution in [0.4, 0.5) is 18.0 Å². The van der Waals surface area contributed by atoms with E-state index in [2.05, 4.69) is 0 Å². The van der Waals surface area contributed by atoms with Gasteiger partial charge < -0.3 is 20.0 Å². The molecule has 148 valence electrons. The van der Waals surface area contributed by atoms with Gasteiger partial charge in [0.25, 0.3) is 0 Å². The second-order valence-corrected chi connectivity index (χ2v) is 6.37. The summed E-state index contributed by atoms with van der Waals surface area (Å²) in [6, 6.07) is 3.92. The number of halogens is 4. The summed E-state index contributed by atoms with van der Waals surface area (Å²) in [6.45, 7) is -0.870. The number of nitrogens with zero attached hydrogens (tertiary/aromatic N) is 2. The zero-order chi connectivity index (χ0) is 20.4. The molecule has 1 atom stereocenters. The maximum atomic E-state index is 12.7. The molecule has 0 spiro atoms. The number of benzene rings is 1. The van der Waals surface area contributed by atoms with Crippen molar-refractivity contribution in [2.24, 2.45) is 0 Å². The Morgan fingerprint density at radius 3 is 2.19 bits per heavy atom. The Morgan fingerprint density at radius 1 is 1.19 bits per heavy atom.